The number of hydrogen-bond acceptors (Lipinski definition) is 2. The predicted molar refractivity (Wildman–Crippen MR) is 89.4 cm³/mol. The van der Waals surface area contributed by atoms with E-state index in [0.717, 1.165) is 5.92 Å². The van der Waals surface area contributed by atoms with Crippen molar-refractivity contribution in [3.63, 3.8) is 0 Å². The number of thiophene rings is 1. The molecule has 0 amide bonds. The van der Waals surface area contributed by atoms with Gasteiger partial charge < -0.3 is 5.32 Å². The van der Waals surface area contributed by atoms with Crippen molar-refractivity contribution < 1.29 is 0 Å². The molecule has 1 aliphatic carbocycles. The minimum absolute atomic E-state index is 0.524. The molecule has 1 nitrogen and oxygen atoms in total. The van der Waals surface area contributed by atoms with Crippen LogP contribution in [0.1, 0.15) is 56.6 Å². The molecule has 1 N–H and O–H groups in total. The molecule has 1 aromatic carbocycles. The molecule has 108 valence electrons. The average molecular weight is 287 g/mol. The summed E-state index contributed by atoms with van der Waals surface area (Å²) in [6.07, 6.45) is 9.87. The highest BCUT2D eigenvalue weighted by atomic mass is 32.1. The Morgan fingerprint density at radius 2 is 1.80 bits per heavy atom. The minimum atomic E-state index is 0.524. The lowest BCUT2D eigenvalue weighted by molar-refractivity contribution is 0.301. The smallest absolute Gasteiger partial charge is 0.0390 e. The maximum Gasteiger partial charge on any atom is 0.0390 e. The van der Waals surface area contributed by atoms with Gasteiger partial charge in [0.15, 0.2) is 0 Å². The van der Waals surface area contributed by atoms with Crippen LogP contribution in [0, 0.1) is 5.92 Å². The van der Waals surface area contributed by atoms with Gasteiger partial charge in [-0.2, -0.15) is 0 Å². The van der Waals surface area contributed by atoms with Crippen LogP contribution in [-0.4, -0.2) is 7.05 Å². The molecule has 0 aliphatic heterocycles. The third kappa shape index (κ3) is 2.91. The monoisotopic (exact) mass is 287 g/mol. The Balaban J connectivity index is 1.89. The summed E-state index contributed by atoms with van der Waals surface area (Å²) in [4.78, 5) is 0. The fourth-order valence-corrected chi connectivity index (χ4v) is 4.68. The van der Waals surface area contributed by atoms with Crippen LogP contribution in [0.5, 0.6) is 0 Å². The molecule has 1 unspecified atom stereocenters. The van der Waals surface area contributed by atoms with E-state index in [4.69, 9.17) is 0 Å². The fraction of sp³-hybridized carbons (Fsp3) is 0.556. The van der Waals surface area contributed by atoms with Crippen molar-refractivity contribution in [2.75, 3.05) is 7.05 Å². The zero-order valence-corrected chi connectivity index (χ0v) is 13.2. The Hall–Kier alpha value is -0.860. The first-order chi connectivity index (χ1) is 9.90. The number of fused-ring (bicyclic) bond motifs is 1. The van der Waals surface area contributed by atoms with Gasteiger partial charge in [-0.25, -0.2) is 0 Å². The lowest BCUT2D eigenvalue weighted by atomic mass is 9.82. The quantitative estimate of drug-likeness (QED) is 0.783. The SMILES string of the molecule is CNC(c1cccc2ccsc12)C1CCCCCCC1. The highest BCUT2D eigenvalue weighted by Crippen LogP contribution is 2.37. The Morgan fingerprint density at radius 3 is 2.55 bits per heavy atom. The van der Waals surface area contributed by atoms with E-state index in [1.54, 1.807) is 0 Å². The van der Waals surface area contributed by atoms with Gasteiger partial charge in [0, 0.05) is 10.7 Å². The van der Waals surface area contributed by atoms with Gasteiger partial charge in [-0.15, -0.1) is 11.3 Å². The second-order valence-electron chi connectivity index (χ2n) is 6.06. The van der Waals surface area contributed by atoms with E-state index < -0.39 is 0 Å². The van der Waals surface area contributed by atoms with E-state index in [0.29, 0.717) is 6.04 Å². The van der Waals surface area contributed by atoms with Crippen LogP contribution in [0.2, 0.25) is 0 Å². The molecule has 1 saturated carbocycles. The van der Waals surface area contributed by atoms with Crippen LogP contribution in [0.25, 0.3) is 10.1 Å². The van der Waals surface area contributed by atoms with Gasteiger partial charge >= 0.3 is 0 Å². The van der Waals surface area contributed by atoms with E-state index in [1.165, 1.54) is 60.6 Å². The molecule has 1 heterocycles. The Bertz CT molecular complexity index is 537. The van der Waals surface area contributed by atoms with Crippen LogP contribution < -0.4 is 5.32 Å². The van der Waals surface area contributed by atoms with Crippen molar-refractivity contribution in [2.45, 2.75) is 51.0 Å². The van der Waals surface area contributed by atoms with E-state index >= 15 is 0 Å². The van der Waals surface area contributed by atoms with Crippen molar-refractivity contribution in [3.8, 4) is 0 Å². The third-order valence-electron chi connectivity index (χ3n) is 4.78. The van der Waals surface area contributed by atoms with Gasteiger partial charge in [-0.05, 0) is 48.2 Å². The summed E-state index contributed by atoms with van der Waals surface area (Å²) in [6, 6.07) is 9.56. The first-order valence-corrected chi connectivity index (χ1v) is 8.91. The first-order valence-electron chi connectivity index (χ1n) is 8.03. The molecule has 2 heteroatoms. The summed E-state index contributed by atoms with van der Waals surface area (Å²) in [7, 11) is 2.13. The van der Waals surface area contributed by atoms with Crippen LogP contribution in [0.3, 0.4) is 0 Å². The van der Waals surface area contributed by atoms with Gasteiger partial charge in [0.1, 0.15) is 0 Å². The maximum atomic E-state index is 3.62. The van der Waals surface area contributed by atoms with Crippen LogP contribution >= 0.6 is 11.3 Å². The number of hydrogen-bond donors (Lipinski definition) is 1. The van der Waals surface area contributed by atoms with E-state index in [-0.39, 0.29) is 0 Å². The van der Waals surface area contributed by atoms with Gasteiger partial charge in [0.2, 0.25) is 0 Å². The molecule has 2 aromatic rings. The summed E-state index contributed by atoms with van der Waals surface area (Å²) in [5.41, 5.74) is 1.52. The van der Waals surface area contributed by atoms with Crippen LogP contribution in [0.15, 0.2) is 29.6 Å². The van der Waals surface area contributed by atoms with E-state index in [9.17, 15) is 0 Å². The Labute approximate surface area is 126 Å². The van der Waals surface area contributed by atoms with Crippen LogP contribution in [-0.2, 0) is 0 Å². The molecule has 0 saturated heterocycles. The molecule has 0 spiro atoms. The molecule has 20 heavy (non-hydrogen) atoms. The van der Waals surface area contributed by atoms with Crippen molar-refractivity contribution in [1.82, 2.24) is 5.32 Å². The van der Waals surface area contributed by atoms with Crippen molar-refractivity contribution in [2.24, 2.45) is 5.92 Å². The summed E-state index contributed by atoms with van der Waals surface area (Å²) in [5.74, 6) is 0.799. The average Bonchev–Trinajstić information content (AvgIpc) is 2.90. The number of nitrogens with one attached hydrogen (secondary N) is 1. The van der Waals surface area contributed by atoms with E-state index in [1.807, 2.05) is 11.3 Å². The Kier molecular flexibility index (Phi) is 4.74. The lowest BCUT2D eigenvalue weighted by Crippen LogP contribution is -2.26. The summed E-state index contributed by atoms with van der Waals surface area (Å²) < 4.78 is 1.48. The highest BCUT2D eigenvalue weighted by Gasteiger charge is 2.23. The van der Waals surface area contributed by atoms with Gasteiger partial charge in [-0.3, -0.25) is 0 Å². The second kappa shape index (κ2) is 6.73. The zero-order valence-electron chi connectivity index (χ0n) is 12.4. The first kappa shape index (κ1) is 14.1. The highest BCUT2D eigenvalue weighted by molar-refractivity contribution is 7.17. The lowest BCUT2D eigenvalue weighted by Gasteiger charge is -2.29. The molecule has 1 aliphatic rings. The summed E-state index contributed by atoms with van der Waals surface area (Å²) in [6.45, 7) is 0. The number of benzene rings is 1. The molecule has 1 aromatic heterocycles. The fourth-order valence-electron chi connectivity index (χ4n) is 3.73. The largest absolute Gasteiger partial charge is 0.313 e. The van der Waals surface area contributed by atoms with Gasteiger partial charge in [0.25, 0.3) is 0 Å². The van der Waals surface area contributed by atoms with E-state index in [2.05, 4.69) is 42.0 Å². The zero-order chi connectivity index (χ0) is 13.8. The van der Waals surface area contributed by atoms with Crippen molar-refractivity contribution in [1.29, 1.82) is 0 Å². The van der Waals surface area contributed by atoms with Crippen molar-refractivity contribution >= 4 is 21.4 Å². The molecule has 1 atom stereocenters. The molecule has 0 bridgehead atoms. The third-order valence-corrected chi connectivity index (χ3v) is 5.76. The normalized spacial score (nSPS) is 19.6. The summed E-state index contributed by atoms with van der Waals surface area (Å²) >= 11 is 1.89. The van der Waals surface area contributed by atoms with Gasteiger partial charge in [0.05, 0.1) is 0 Å². The predicted octanol–water partition coefficient (Wildman–Crippen LogP) is 5.52. The molecular formula is C18H25NS. The number of rotatable bonds is 3. The Morgan fingerprint density at radius 1 is 1.05 bits per heavy atom. The minimum Gasteiger partial charge on any atom is -0.313 e. The van der Waals surface area contributed by atoms with Gasteiger partial charge in [-0.1, -0.05) is 50.3 Å². The molecule has 0 radical (unpaired) electrons. The topological polar surface area (TPSA) is 12.0 Å². The standard InChI is InChI=1S/C18H25NS/c1-19-17(14-8-5-3-2-4-6-9-14)16-11-7-10-15-12-13-20-18(15)16/h7,10-14,17,19H,2-6,8-9H2,1H3. The molecule has 1 fully saturated rings. The molecule has 3 rings (SSSR count). The summed E-state index contributed by atoms with van der Waals surface area (Å²) in [5, 5.41) is 7.25. The van der Waals surface area contributed by atoms with Crippen LogP contribution in [0.4, 0.5) is 0 Å². The molecular weight excluding hydrogens is 262 g/mol. The maximum absolute atomic E-state index is 3.62. The second-order valence-corrected chi connectivity index (χ2v) is 6.97. The van der Waals surface area contributed by atoms with Crippen molar-refractivity contribution in [3.05, 3.63) is 35.2 Å².